The first-order chi connectivity index (χ1) is 15.7. The molecular weight excluding hydrogens is 416 g/mol. The van der Waals surface area contributed by atoms with Gasteiger partial charge in [0.25, 0.3) is 5.91 Å². The summed E-state index contributed by atoms with van der Waals surface area (Å²) in [5, 5.41) is 5.59. The van der Waals surface area contributed by atoms with Crippen molar-refractivity contribution in [2.24, 2.45) is 17.8 Å². The molecule has 33 heavy (non-hydrogen) atoms. The number of hydrogen-bond acceptors (Lipinski definition) is 4. The van der Waals surface area contributed by atoms with Crippen molar-refractivity contribution in [2.45, 2.75) is 91.1 Å². The zero-order valence-corrected chi connectivity index (χ0v) is 21.1. The highest BCUT2D eigenvalue weighted by atomic mass is 16.5. The smallest absolute Gasteiger partial charge is 0.328 e. The molecule has 2 atom stereocenters. The predicted octanol–water partition coefficient (Wildman–Crippen LogP) is 4.83. The van der Waals surface area contributed by atoms with Crippen molar-refractivity contribution < 1.29 is 19.1 Å². The van der Waals surface area contributed by atoms with E-state index in [2.05, 4.69) is 29.7 Å². The van der Waals surface area contributed by atoms with Crippen LogP contribution in [0.2, 0.25) is 0 Å². The number of carbonyl (C=O) groups is 3. The molecule has 0 radical (unpaired) electrons. The van der Waals surface area contributed by atoms with Gasteiger partial charge >= 0.3 is 5.97 Å². The maximum Gasteiger partial charge on any atom is 0.328 e. The SMILES string of the molecule is CCCC1CCC(c2ccc(C(=O)N[C@@H](C(=O)N[C@H](C(=O)OC)C(C)C)C(C)C)cc2)CC1. The molecule has 0 spiro atoms. The zero-order valence-electron chi connectivity index (χ0n) is 21.1. The third-order valence-electron chi connectivity index (χ3n) is 6.84. The van der Waals surface area contributed by atoms with Gasteiger partial charge in [0.05, 0.1) is 7.11 Å². The van der Waals surface area contributed by atoms with E-state index in [0.29, 0.717) is 11.5 Å². The highest BCUT2D eigenvalue weighted by Gasteiger charge is 2.31. The van der Waals surface area contributed by atoms with E-state index in [9.17, 15) is 14.4 Å². The quantitative estimate of drug-likeness (QED) is 0.492. The van der Waals surface area contributed by atoms with Gasteiger partial charge in [0.15, 0.2) is 0 Å². The second kappa shape index (κ2) is 12.8. The summed E-state index contributed by atoms with van der Waals surface area (Å²) < 4.78 is 4.80. The van der Waals surface area contributed by atoms with Gasteiger partial charge in [0.1, 0.15) is 12.1 Å². The van der Waals surface area contributed by atoms with Crippen LogP contribution in [0.15, 0.2) is 24.3 Å². The van der Waals surface area contributed by atoms with Crippen LogP contribution in [0.25, 0.3) is 0 Å². The molecule has 0 aliphatic heterocycles. The lowest BCUT2D eigenvalue weighted by Gasteiger charge is -2.28. The Labute approximate surface area is 199 Å². The molecule has 184 valence electrons. The Balaban J connectivity index is 2.01. The van der Waals surface area contributed by atoms with E-state index in [0.717, 1.165) is 5.92 Å². The topological polar surface area (TPSA) is 84.5 Å². The van der Waals surface area contributed by atoms with Crippen LogP contribution in [0, 0.1) is 17.8 Å². The van der Waals surface area contributed by atoms with E-state index in [1.54, 1.807) is 0 Å². The van der Waals surface area contributed by atoms with Crippen molar-refractivity contribution in [1.29, 1.82) is 0 Å². The Morgan fingerprint density at radius 1 is 0.909 bits per heavy atom. The molecule has 2 rings (SSSR count). The van der Waals surface area contributed by atoms with Crippen LogP contribution < -0.4 is 10.6 Å². The van der Waals surface area contributed by atoms with Gasteiger partial charge in [-0.05, 0) is 67.1 Å². The van der Waals surface area contributed by atoms with Crippen LogP contribution in [0.1, 0.15) is 95.0 Å². The summed E-state index contributed by atoms with van der Waals surface area (Å²) >= 11 is 0. The standard InChI is InChI=1S/C27H42N2O4/c1-7-8-19-9-11-20(12-10-19)21-13-15-22(16-14-21)25(30)28-23(17(2)3)26(31)29-24(18(4)5)27(32)33-6/h13-20,23-24H,7-12H2,1-6H3,(H,28,30)(H,29,31)/t19?,20?,23-,24+/m1/s1. The van der Waals surface area contributed by atoms with Crippen molar-refractivity contribution in [3.63, 3.8) is 0 Å². The molecule has 6 nitrogen and oxygen atoms in total. The molecule has 1 saturated carbocycles. The van der Waals surface area contributed by atoms with Crippen molar-refractivity contribution in [1.82, 2.24) is 10.6 Å². The van der Waals surface area contributed by atoms with E-state index in [4.69, 9.17) is 4.74 Å². The highest BCUT2D eigenvalue weighted by molar-refractivity contribution is 5.98. The van der Waals surface area contributed by atoms with E-state index >= 15 is 0 Å². The zero-order chi connectivity index (χ0) is 24.5. The molecule has 0 saturated heterocycles. The van der Waals surface area contributed by atoms with Crippen LogP contribution >= 0.6 is 0 Å². The molecule has 6 heteroatoms. The van der Waals surface area contributed by atoms with Crippen LogP contribution in [0.4, 0.5) is 0 Å². The minimum atomic E-state index is -0.757. The number of hydrogen-bond donors (Lipinski definition) is 2. The Kier molecular flexibility index (Phi) is 10.4. The molecule has 0 heterocycles. The fourth-order valence-electron chi connectivity index (χ4n) is 4.73. The molecule has 2 amide bonds. The molecule has 1 aliphatic rings. The lowest BCUT2D eigenvalue weighted by atomic mass is 9.77. The molecule has 0 aromatic heterocycles. The third-order valence-corrected chi connectivity index (χ3v) is 6.84. The van der Waals surface area contributed by atoms with E-state index in [-0.39, 0.29) is 23.7 Å². The molecule has 1 aliphatic carbocycles. The minimum absolute atomic E-state index is 0.130. The summed E-state index contributed by atoms with van der Waals surface area (Å²) in [6.07, 6.45) is 7.58. The van der Waals surface area contributed by atoms with Crippen molar-refractivity contribution in [3.8, 4) is 0 Å². The van der Waals surface area contributed by atoms with Crippen molar-refractivity contribution in [3.05, 3.63) is 35.4 Å². The van der Waals surface area contributed by atoms with Crippen molar-refractivity contribution in [2.75, 3.05) is 7.11 Å². The molecule has 1 aromatic rings. The fourth-order valence-corrected chi connectivity index (χ4v) is 4.73. The normalized spacial score (nSPS) is 20.2. The second-order valence-electron chi connectivity index (χ2n) is 10.1. The average Bonchev–Trinajstić information content (AvgIpc) is 2.80. The maximum atomic E-state index is 12.9. The fraction of sp³-hybridized carbons (Fsp3) is 0.667. The van der Waals surface area contributed by atoms with Crippen LogP contribution in [-0.4, -0.2) is 37.0 Å². The van der Waals surface area contributed by atoms with Crippen LogP contribution in [0.5, 0.6) is 0 Å². The van der Waals surface area contributed by atoms with Gasteiger partial charge < -0.3 is 15.4 Å². The number of amides is 2. The van der Waals surface area contributed by atoms with Gasteiger partial charge in [0, 0.05) is 5.56 Å². The summed E-state index contributed by atoms with van der Waals surface area (Å²) in [6, 6.07) is 6.30. The second-order valence-corrected chi connectivity index (χ2v) is 10.1. The highest BCUT2D eigenvalue weighted by Crippen LogP contribution is 2.37. The minimum Gasteiger partial charge on any atom is -0.467 e. The molecule has 1 aromatic carbocycles. The average molecular weight is 459 g/mol. The molecule has 0 bridgehead atoms. The Hall–Kier alpha value is -2.37. The van der Waals surface area contributed by atoms with E-state index < -0.39 is 18.1 Å². The number of methoxy groups -OCH3 is 1. The lowest BCUT2D eigenvalue weighted by molar-refractivity contribution is -0.146. The first-order valence-corrected chi connectivity index (χ1v) is 12.5. The molecule has 0 unspecified atom stereocenters. The first kappa shape index (κ1) is 26.9. The molecular formula is C27H42N2O4. The van der Waals surface area contributed by atoms with Crippen LogP contribution in [-0.2, 0) is 14.3 Å². The van der Waals surface area contributed by atoms with Crippen LogP contribution in [0.3, 0.4) is 0 Å². The molecule has 1 fully saturated rings. The van der Waals surface area contributed by atoms with Gasteiger partial charge in [-0.2, -0.15) is 0 Å². The number of nitrogens with one attached hydrogen (secondary N) is 2. The summed E-state index contributed by atoms with van der Waals surface area (Å²) in [7, 11) is 1.30. The van der Waals surface area contributed by atoms with Gasteiger partial charge in [-0.1, -0.05) is 59.6 Å². The third kappa shape index (κ3) is 7.58. The number of ether oxygens (including phenoxy) is 1. The summed E-state index contributed by atoms with van der Waals surface area (Å²) in [6.45, 7) is 9.66. The van der Waals surface area contributed by atoms with Gasteiger partial charge in [-0.3, -0.25) is 9.59 Å². The Morgan fingerprint density at radius 2 is 1.48 bits per heavy atom. The predicted molar refractivity (Wildman–Crippen MR) is 131 cm³/mol. The van der Waals surface area contributed by atoms with Crippen molar-refractivity contribution >= 4 is 17.8 Å². The number of benzene rings is 1. The first-order valence-electron chi connectivity index (χ1n) is 12.5. The maximum absolute atomic E-state index is 12.9. The van der Waals surface area contributed by atoms with Gasteiger partial charge in [-0.15, -0.1) is 0 Å². The van der Waals surface area contributed by atoms with E-state index in [1.807, 2.05) is 39.8 Å². The number of rotatable bonds is 10. The number of esters is 1. The lowest BCUT2D eigenvalue weighted by Crippen LogP contribution is -2.55. The van der Waals surface area contributed by atoms with Gasteiger partial charge in [-0.25, -0.2) is 4.79 Å². The Bertz CT molecular complexity index is 780. The van der Waals surface area contributed by atoms with E-state index in [1.165, 1.54) is 51.2 Å². The summed E-state index contributed by atoms with van der Waals surface area (Å²) in [5.41, 5.74) is 1.82. The monoisotopic (exact) mass is 458 g/mol. The van der Waals surface area contributed by atoms with Gasteiger partial charge in [0.2, 0.25) is 5.91 Å². The Morgan fingerprint density at radius 3 is 1.97 bits per heavy atom. The number of carbonyl (C=O) groups excluding carboxylic acids is 3. The molecule has 2 N–H and O–H groups in total. The summed E-state index contributed by atoms with van der Waals surface area (Å²) in [4.78, 5) is 37.8. The largest absolute Gasteiger partial charge is 0.467 e. The summed E-state index contributed by atoms with van der Waals surface area (Å²) in [5.74, 6) is -0.0114.